The molecular formula is C25H26N2O4. The van der Waals surface area contributed by atoms with Crippen molar-refractivity contribution in [1.29, 1.82) is 0 Å². The SMILES string of the molecule is CCOc1cc2oc3c(c2cc1/C(C)=C/C(=O)Nc1ccc(C(N)=O)cc1)CCCC3. The Kier molecular flexibility index (Phi) is 5.80. The highest BCUT2D eigenvalue weighted by molar-refractivity contribution is 6.05. The monoisotopic (exact) mass is 418 g/mol. The molecule has 2 aromatic carbocycles. The second kappa shape index (κ2) is 8.68. The molecule has 3 aromatic rings. The summed E-state index contributed by atoms with van der Waals surface area (Å²) in [6, 6.07) is 10.5. The number of hydrogen-bond acceptors (Lipinski definition) is 4. The standard InChI is InChI=1S/C25H26N2O4/c1-3-30-22-14-23-20(18-6-4-5-7-21(18)31-23)13-19(22)15(2)12-24(28)27-17-10-8-16(9-11-17)25(26)29/h8-14H,3-7H2,1-2H3,(H2,26,29)(H,27,28)/b15-12+. The van der Waals surface area contributed by atoms with Crippen LogP contribution in [0.4, 0.5) is 5.69 Å². The van der Waals surface area contributed by atoms with Gasteiger partial charge in [-0.1, -0.05) is 0 Å². The van der Waals surface area contributed by atoms with Crippen LogP contribution in [0.3, 0.4) is 0 Å². The lowest BCUT2D eigenvalue weighted by Crippen LogP contribution is -2.12. The average Bonchev–Trinajstić information content (AvgIpc) is 3.11. The number of carbonyl (C=O) groups excluding carboxylic acids is 2. The summed E-state index contributed by atoms with van der Waals surface area (Å²) in [5, 5.41) is 3.92. The zero-order chi connectivity index (χ0) is 22.0. The van der Waals surface area contributed by atoms with Gasteiger partial charge in [-0.3, -0.25) is 9.59 Å². The maximum Gasteiger partial charge on any atom is 0.248 e. The quantitative estimate of drug-likeness (QED) is 0.560. The predicted molar refractivity (Wildman–Crippen MR) is 121 cm³/mol. The molecule has 1 aromatic heterocycles. The first kappa shape index (κ1) is 20.7. The Balaban J connectivity index is 1.63. The third kappa shape index (κ3) is 4.33. The molecule has 0 radical (unpaired) electrons. The summed E-state index contributed by atoms with van der Waals surface area (Å²) in [5.74, 6) is 1.00. The molecule has 31 heavy (non-hydrogen) atoms. The van der Waals surface area contributed by atoms with E-state index >= 15 is 0 Å². The summed E-state index contributed by atoms with van der Waals surface area (Å²) in [6.07, 6.45) is 5.85. The number of furan rings is 1. The second-order valence-corrected chi connectivity index (χ2v) is 7.75. The molecule has 4 rings (SSSR count). The van der Waals surface area contributed by atoms with Crippen LogP contribution in [0.25, 0.3) is 16.5 Å². The van der Waals surface area contributed by atoms with Gasteiger partial charge in [0.15, 0.2) is 0 Å². The lowest BCUT2D eigenvalue weighted by atomic mass is 9.94. The molecule has 6 heteroatoms. The molecule has 6 nitrogen and oxygen atoms in total. The summed E-state index contributed by atoms with van der Waals surface area (Å²) in [6.45, 7) is 4.35. The molecule has 0 saturated heterocycles. The minimum absolute atomic E-state index is 0.263. The first-order chi connectivity index (χ1) is 15.0. The largest absolute Gasteiger partial charge is 0.493 e. The molecule has 0 spiro atoms. The Morgan fingerprint density at radius 2 is 1.90 bits per heavy atom. The zero-order valence-electron chi connectivity index (χ0n) is 17.8. The van der Waals surface area contributed by atoms with Gasteiger partial charge >= 0.3 is 0 Å². The van der Waals surface area contributed by atoms with Gasteiger partial charge in [-0.05, 0) is 69.0 Å². The van der Waals surface area contributed by atoms with Gasteiger partial charge in [0.1, 0.15) is 17.1 Å². The van der Waals surface area contributed by atoms with E-state index in [2.05, 4.69) is 11.4 Å². The van der Waals surface area contributed by atoms with Gasteiger partial charge in [0.2, 0.25) is 11.8 Å². The van der Waals surface area contributed by atoms with Gasteiger partial charge < -0.3 is 20.2 Å². The number of anilines is 1. The maximum absolute atomic E-state index is 12.6. The van der Waals surface area contributed by atoms with Gasteiger partial charge in [-0.2, -0.15) is 0 Å². The molecule has 0 saturated carbocycles. The predicted octanol–water partition coefficient (Wildman–Crippen LogP) is 4.85. The number of ether oxygens (including phenoxy) is 1. The highest BCUT2D eigenvalue weighted by Gasteiger charge is 2.20. The van der Waals surface area contributed by atoms with Gasteiger partial charge in [-0.25, -0.2) is 0 Å². The van der Waals surface area contributed by atoms with Crippen LogP contribution < -0.4 is 15.8 Å². The van der Waals surface area contributed by atoms with Crippen molar-refractivity contribution in [2.75, 3.05) is 11.9 Å². The second-order valence-electron chi connectivity index (χ2n) is 7.75. The summed E-state index contributed by atoms with van der Waals surface area (Å²) >= 11 is 0. The zero-order valence-corrected chi connectivity index (χ0v) is 17.8. The fourth-order valence-corrected chi connectivity index (χ4v) is 4.04. The highest BCUT2D eigenvalue weighted by Crippen LogP contribution is 2.38. The van der Waals surface area contributed by atoms with Crippen LogP contribution >= 0.6 is 0 Å². The molecule has 160 valence electrons. The van der Waals surface area contributed by atoms with Crippen molar-refractivity contribution in [3.8, 4) is 5.75 Å². The number of fused-ring (bicyclic) bond motifs is 3. The number of carbonyl (C=O) groups is 2. The number of rotatable bonds is 6. The number of nitrogens with two attached hydrogens (primary N) is 1. The lowest BCUT2D eigenvalue weighted by molar-refractivity contribution is -0.111. The maximum atomic E-state index is 12.6. The van der Waals surface area contributed by atoms with Gasteiger partial charge in [0.25, 0.3) is 0 Å². The summed E-state index contributed by atoms with van der Waals surface area (Å²) in [5.41, 5.74) is 10.0. The van der Waals surface area contributed by atoms with Crippen LogP contribution in [0.2, 0.25) is 0 Å². The number of aryl methyl sites for hydroxylation is 2. The highest BCUT2D eigenvalue weighted by atomic mass is 16.5. The van der Waals surface area contributed by atoms with Crippen LogP contribution in [-0.4, -0.2) is 18.4 Å². The van der Waals surface area contributed by atoms with Crippen LogP contribution in [0.5, 0.6) is 5.75 Å². The number of nitrogens with one attached hydrogen (secondary N) is 1. The third-order valence-corrected chi connectivity index (χ3v) is 5.57. The Hall–Kier alpha value is -3.54. The van der Waals surface area contributed by atoms with E-state index in [1.165, 1.54) is 5.56 Å². The molecule has 0 unspecified atom stereocenters. The van der Waals surface area contributed by atoms with Crippen molar-refractivity contribution < 1.29 is 18.7 Å². The molecule has 0 bridgehead atoms. The van der Waals surface area contributed by atoms with Crippen LogP contribution in [0, 0.1) is 0 Å². The van der Waals surface area contributed by atoms with Crippen LogP contribution in [-0.2, 0) is 17.6 Å². The Morgan fingerprint density at radius 3 is 2.61 bits per heavy atom. The number of hydrogen-bond donors (Lipinski definition) is 2. The van der Waals surface area contributed by atoms with Gasteiger partial charge in [-0.15, -0.1) is 0 Å². The Bertz CT molecular complexity index is 1170. The van der Waals surface area contributed by atoms with Crippen molar-refractivity contribution in [2.24, 2.45) is 5.73 Å². The van der Waals surface area contributed by atoms with E-state index in [9.17, 15) is 9.59 Å². The topological polar surface area (TPSA) is 94.6 Å². The van der Waals surface area contributed by atoms with Gasteiger partial charge in [0, 0.05) is 46.3 Å². The van der Waals surface area contributed by atoms with Crippen LogP contribution in [0.1, 0.15) is 53.9 Å². The average molecular weight is 418 g/mol. The molecule has 1 aliphatic carbocycles. The first-order valence-corrected chi connectivity index (χ1v) is 10.6. The molecule has 3 N–H and O–H groups in total. The van der Waals surface area contributed by atoms with E-state index in [0.717, 1.165) is 53.5 Å². The van der Waals surface area contributed by atoms with E-state index < -0.39 is 5.91 Å². The van der Waals surface area contributed by atoms with Gasteiger partial charge in [0.05, 0.1) is 6.61 Å². The van der Waals surface area contributed by atoms with E-state index in [-0.39, 0.29) is 5.91 Å². The summed E-state index contributed by atoms with van der Waals surface area (Å²) in [4.78, 5) is 23.8. The van der Waals surface area contributed by atoms with E-state index in [0.29, 0.717) is 23.6 Å². The number of benzene rings is 2. The fraction of sp³-hybridized carbons (Fsp3) is 0.280. The Morgan fingerprint density at radius 1 is 1.16 bits per heavy atom. The smallest absolute Gasteiger partial charge is 0.248 e. The molecule has 0 aliphatic heterocycles. The number of primary amides is 1. The third-order valence-electron chi connectivity index (χ3n) is 5.57. The Labute approximate surface area is 181 Å². The molecule has 0 fully saturated rings. The molecule has 2 amide bonds. The molecule has 0 atom stereocenters. The van der Waals surface area contributed by atoms with E-state index in [1.807, 2.05) is 19.9 Å². The fourth-order valence-electron chi connectivity index (χ4n) is 4.04. The van der Waals surface area contributed by atoms with Crippen molar-refractivity contribution in [3.63, 3.8) is 0 Å². The summed E-state index contributed by atoms with van der Waals surface area (Å²) in [7, 11) is 0. The first-order valence-electron chi connectivity index (χ1n) is 10.6. The molecule has 1 heterocycles. The molecule has 1 aliphatic rings. The minimum Gasteiger partial charge on any atom is -0.493 e. The van der Waals surface area contributed by atoms with Crippen LogP contribution in [0.15, 0.2) is 46.9 Å². The minimum atomic E-state index is -0.506. The van der Waals surface area contributed by atoms with Crippen molar-refractivity contribution >= 4 is 34.0 Å². The summed E-state index contributed by atoms with van der Waals surface area (Å²) < 4.78 is 11.9. The normalized spacial score (nSPS) is 13.7. The lowest BCUT2D eigenvalue weighted by Gasteiger charge is -2.12. The number of allylic oxidation sites excluding steroid dienone is 1. The van der Waals surface area contributed by atoms with E-state index in [4.69, 9.17) is 14.9 Å². The van der Waals surface area contributed by atoms with Crippen molar-refractivity contribution in [2.45, 2.75) is 39.5 Å². The molecular weight excluding hydrogens is 392 g/mol. The number of amides is 2. The van der Waals surface area contributed by atoms with E-state index in [1.54, 1.807) is 30.3 Å². The van der Waals surface area contributed by atoms with Crippen molar-refractivity contribution in [3.05, 3.63) is 64.9 Å². The van der Waals surface area contributed by atoms with Crippen molar-refractivity contribution in [1.82, 2.24) is 0 Å².